The molecule has 3 atom stereocenters. The molecule has 3 rings (SSSR count). The molecule has 19 heavy (non-hydrogen) atoms. The number of hydrogen-bond acceptors (Lipinski definition) is 4. The monoisotopic (exact) mass is 262 g/mol. The third-order valence-corrected chi connectivity index (χ3v) is 4.69. The summed E-state index contributed by atoms with van der Waals surface area (Å²) in [5, 5.41) is 13.3. The Labute approximate surface area is 114 Å². The average Bonchev–Trinajstić information content (AvgIpc) is 2.95. The summed E-state index contributed by atoms with van der Waals surface area (Å²) in [6, 6.07) is 6.31. The van der Waals surface area contributed by atoms with E-state index in [1.807, 2.05) is 18.2 Å². The molecule has 2 saturated heterocycles. The van der Waals surface area contributed by atoms with E-state index in [1.54, 1.807) is 7.11 Å². The van der Waals surface area contributed by atoms with E-state index in [1.165, 1.54) is 0 Å². The molecule has 0 saturated carbocycles. The summed E-state index contributed by atoms with van der Waals surface area (Å²) < 4.78 is 5.08. The largest absolute Gasteiger partial charge is 0.504 e. The molecule has 4 nitrogen and oxygen atoms in total. The van der Waals surface area contributed by atoms with Gasteiger partial charge in [-0.1, -0.05) is 6.07 Å². The van der Waals surface area contributed by atoms with Gasteiger partial charge in [-0.3, -0.25) is 4.90 Å². The maximum Gasteiger partial charge on any atom is 0.160 e. The van der Waals surface area contributed by atoms with Gasteiger partial charge in [0.2, 0.25) is 0 Å². The summed E-state index contributed by atoms with van der Waals surface area (Å²) in [4.78, 5) is 2.53. The lowest BCUT2D eigenvalue weighted by Crippen LogP contribution is -2.32. The standard InChI is InChI=1S/C15H22N2O2/c1-10-13-7-16-6-12(13)9-17(10)8-11-3-4-15(19-2)14(18)5-11/h3-5,10,12-13,16,18H,6-9H2,1-2H3. The van der Waals surface area contributed by atoms with Crippen LogP contribution in [0.5, 0.6) is 11.5 Å². The van der Waals surface area contributed by atoms with E-state index in [9.17, 15) is 5.11 Å². The Morgan fingerprint density at radius 1 is 1.42 bits per heavy atom. The first kappa shape index (κ1) is 12.8. The fourth-order valence-corrected chi connectivity index (χ4v) is 3.53. The van der Waals surface area contributed by atoms with Crippen molar-refractivity contribution in [1.82, 2.24) is 10.2 Å². The minimum absolute atomic E-state index is 0.230. The van der Waals surface area contributed by atoms with Crippen LogP contribution in [0, 0.1) is 11.8 Å². The van der Waals surface area contributed by atoms with Crippen LogP contribution < -0.4 is 10.1 Å². The number of aromatic hydroxyl groups is 1. The second-order valence-corrected chi connectivity index (χ2v) is 5.76. The van der Waals surface area contributed by atoms with Crippen molar-refractivity contribution in [2.45, 2.75) is 19.5 Å². The Morgan fingerprint density at radius 3 is 2.95 bits per heavy atom. The molecule has 1 aromatic carbocycles. The number of hydrogen-bond donors (Lipinski definition) is 2. The smallest absolute Gasteiger partial charge is 0.160 e. The van der Waals surface area contributed by atoms with E-state index in [4.69, 9.17) is 4.74 Å². The number of rotatable bonds is 3. The van der Waals surface area contributed by atoms with E-state index in [0.29, 0.717) is 11.8 Å². The number of phenolic OH excluding ortho intramolecular Hbond substituents is 1. The molecule has 104 valence electrons. The molecule has 0 aliphatic carbocycles. The number of methoxy groups -OCH3 is 1. The molecule has 0 bridgehead atoms. The molecule has 4 heteroatoms. The predicted molar refractivity (Wildman–Crippen MR) is 74.4 cm³/mol. The molecule has 2 aliphatic heterocycles. The van der Waals surface area contributed by atoms with Gasteiger partial charge in [0.15, 0.2) is 11.5 Å². The highest BCUT2D eigenvalue weighted by Gasteiger charge is 2.41. The maximum absolute atomic E-state index is 9.84. The van der Waals surface area contributed by atoms with E-state index < -0.39 is 0 Å². The second kappa shape index (κ2) is 5.02. The van der Waals surface area contributed by atoms with Gasteiger partial charge in [0, 0.05) is 19.1 Å². The Morgan fingerprint density at radius 2 is 2.26 bits per heavy atom. The summed E-state index contributed by atoms with van der Waals surface area (Å²) in [6.45, 7) is 6.69. The molecule has 2 heterocycles. The number of phenols is 1. The zero-order valence-electron chi connectivity index (χ0n) is 11.6. The SMILES string of the molecule is COc1ccc(CN2CC3CNCC3C2C)cc1O. The van der Waals surface area contributed by atoms with Crippen molar-refractivity contribution in [1.29, 1.82) is 0 Å². The zero-order chi connectivity index (χ0) is 13.4. The van der Waals surface area contributed by atoms with Gasteiger partial charge in [-0.05, 0) is 49.5 Å². The van der Waals surface area contributed by atoms with E-state index in [2.05, 4.69) is 17.1 Å². The summed E-state index contributed by atoms with van der Waals surface area (Å²) in [6.07, 6.45) is 0. The first-order valence-electron chi connectivity index (χ1n) is 6.99. The first-order chi connectivity index (χ1) is 9.19. The van der Waals surface area contributed by atoms with Crippen molar-refractivity contribution in [3.8, 4) is 11.5 Å². The number of nitrogens with one attached hydrogen (secondary N) is 1. The predicted octanol–water partition coefficient (Wildman–Crippen LogP) is 1.44. The Bertz CT molecular complexity index is 463. The zero-order valence-corrected chi connectivity index (χ0v) is 11.6. The minimum Gasteiger partial charge on any atom is -0.504 e. The van der Waals surface area contributed by atoms with Gasteiger partial charge in [0.25, 0.3) is 0 Å². The topological polar surface area (TPSA) is 44.7 Å². The average molecular weight is 262 g/mol. The third-order valence-electron chi connectivity index (χ3n) is 4.69. The van der Waals surface area contributed by atoms with Crippen LogP contribution in [0.4, 0.5) is 0 Å². The highest BCUT2D eigenvalue weighted by Crippen LogP contribution is 2.34. The molecule has 1 aromatic rings. The van der Waals surface area contributed by atoms with Crippen LogP contribution in [0.25, 0.3) is 0 Å². The summed E-state index contributed by atoms with van der Waals surface area (Å²) in [5.74, 6) is 2.35. The lowest BCUT2D eigenvalue weighted by atomic mass is 9.95. The number of nitrogens with zero attached hydrogens (tertiary/aromatic N) is 1. The van der Waals surface area contributed by atoms with Crippen molar-refractivity contribution >= 4 is 0 Å². The molecule has 0 spiro atoms. The van der Waals surface area contributed by atoms with E-state index in [-0.39, 0.29) is 5.75 Å². The number of benzene rings is 1. The van der Waals surface area contributed by atoms with Gasteiger partial charge in [-0.15, -0.1) is 0 Å². The van der Waals surface area contributed by atoms with Crippen LogP contribution in [0.3, 0.4) is 0 Å². The molecule has 0 aromatic heterocycles. The first-order valence-corrected chi connectivity index (χ1v) is 6.99. The normalized spacial score (nSPS) is 30.5. The fourth-order valence-electron chi connectivity index (χ4n) is 3.53. The maximum atomic E-state index is 9.84. The third kappa shape index (κ3) is 2.30. The summed E-state index contributed by atoms with van der Waals surface area (Å²) in [5.41, 5.74) is 1.15. The van der Waals surface area contributed by atoms with Gasteiger partial charge >= 0.3 is 0 Å². The molecule has 2 aliphatic rings. The summed E-state index contributed by atoms with van der Waals surface area (Å²) in [7, 11) is 1.57. The van der Waals surface area contributed by atoms with Crippen molar-refractivity contribution in [3.63, 3.8) is 0 Å². The lowest BCUT2D eigenvalue weighted by Gasteiger charge is -2.24. The van der Waals surface area contributed by atoms with E-state index in [0.717, 1.165) is 43.6 Å². The van der Waals surface area contributed by atoms with Crippen molar-refractivity contribution < 1.29 is 9.84 Å². The quantitative estimate of drug-likeness (QED) is 0.865. The van der Waals surface area contributed by atoms with Crippen molar-refractivity contribution in [2.75, 3.05) is 26.7 Å². The van der Waals surface area contributed by atoms with Crippen LogP contribution in [-0.4, -0.2) is 42.8 Å². The molecule has 0 radical (unpaired) electrons. The molecular formula is C15H22N2O2. The molecular weight excluding hydrogens is 240 g/mol. The van der Waals surface area contributed by atoms with Gasteiger partial charge in [-0.25, -0.2) is 0 Å². The van der Waals surface area contributed by atoms with Crippen molar-refractivity contribution in [3.05, 3.63) is 23.8 Å². The second-order valence-electron chi connectivity index (χ2n) is 5.76. The van der Waals surface area contributed by atoms with E-state index >= 15 is 0 Å². The summed E-state index contributed by atoms with van der Waals surface area (Å²) >= 11 is 0. The number of ether oxygens (including phenoxy) is 1. The van der Waals surface area contributed by atoms with Gasteiger partial charge in [0.05, 0.1) is 7.11 Å². The molecule has 0 amide bonds. The Hall–Kier alpha value is -1.26. The highest BCUT2D eigenvalue weighted by molar-refractivity contribution is 5.41. The fraction of sp³-hybridized carbons (Fsp3) is 0.600. The Kier molecular flexibility index (Phi) is 3.37. The number of likely N-dealkylation sites (tertiary alicyclic amines) is 1. The van der Waals surface area contributed by atoms with Crippen LogP contribution in [0.15, 0.2) is 18.2 Å². The van der Waals surface area contributed by atoms with Gasteiger partial charge in [0.1, 0.15) is 0 Å². The van der Waals surface area contributed by atoms with Crippen LogP contribution >= 0.6 is 0 Å². The minimum atomic E-state index is 0.230. The molecule has 2 N–H and O–H groups in total. The van der Waals surface area contributed by atoms with Crippen LogP contribution in [0.1, 0.15) is 12.5 Å². The lowest BCUT2D eigenvalue weighted by molar-refractivity contribution is 0.231. The molecule has 2 fully saturated rings. The van der Waals surface area contributed by atoms with Crippen LogP contribution in [-0.2, 0) is 6.54 Å². The number of fused-ring (bicyclic) bond motifs is 1. The highest BCUT2D eigenvalue weighted by atomic mass is 16.5. The van der Waals surface area contributed by atoms with Gasteiger partial charge in [-0.2, -0.15) is 0 Å². The van der Waals surface area contributed by atoms with Crippen LogP contribution in [0.2, 0.25) is 0 Å². The molecule has 3 unspecified atom stereocenters. The van der Waals surface area contributed by atoms with Crippen molar-refractivity contribution in [2.24, 2.45) is 11.8 Å². The van der Waals surface area contributed by atoms with Gasteiger partial charge < -0.3 is 15.2 Å². The Balaban J connectivity index is 1.70.